The maximum Gasteiger partial charge on any atom is 0.125 e. The van der Waals surface area contributed by atoms with Gasteiger partial charge in [-0.05, 0) is 30.7 Å². The molecule has 0 radical (unpaired) electrons. The molecule has 1 aromatic carbocycles. The first-order valence-electron chi connectivity index (χ1n) is 4.58. The maximum absolute atomic E-state index is 13.1. The first-order valence-corrected chi connectivity index (χ1v) is 5.11. The van der Waals surface area contributed by atoms with Gasteiger partial charge in [-0.25, -0.2) is 9.07 Å². The number of aromatic nitrogens is 2. The molecule has 0 aliphatic heterocycles. The lowest BCUT2D eigenvalue weighted by molar-refractivity contribution is 0.624. The van der Waals surface area contributed by atoms with Gasteiger partial charge in [-0.15, -0.1) is 11.6 Å². The van der Waals surface area contributed by atoms with Crippen molar-refractivity contribution >= 4 is 11.6 Å². The predicted molar refractivity (Wildman–Crippen MR) is 57.8 cm³/mol. The summed E-state index contributed by atoms with van der Waals surface area (Å²) in [6.45, 7) is 1.91. The molecule has 0 aliphatic carbocycles. The van der Waals surface area contributed by atoms with Crippen molar-refractivity contribution in [1.82, 2.24) is 9.78 Å². The second-order valence-electron chi connectivity index (χ2n) is 3.30. The minimum Gasteiger partial charge on any atom is -0.236 e. The van der Waals surface area contributed by atoms with Crippen LogP contribution in [-0.2, 0) is 5.88 Å². The van der Waals surface area contributed by atoms with E-state index in [0.717, 1.165) is 16.9 Å². The van der Waals surface area contributed by atoms with E-state index in [1.807, 2.05) is 13.0 Å². The van der Waals surface area contributed by atoms with E-state index in [9.17, 15) is 4.39 Å². The molecule has 4 heteroatoms. The molecule has 2 aromatic rings. The summed E-state index contributed by atoms with van der Waals surface area (Å²) < 4.78 is 14.8. The van der Waals surface area contributed by atoms with Gasteiger partial charge >= 0.3 is 0 Å². The van der Waals surface area contributed by atoms with Crippen LogP contribution in [0.3, 0.4) is 0 Å². The van der Waals surface area contributed by atoms with Gasteiger partial charge in [-0.3, -0.25) is 0 Å². The van der Waals surface area contributed by atoms with Crippen molar-refractivity contribution in [3.8, 4) is 5.69 Å². The number of hydrogen-bond donors (Lipinski definition) is 0. The molecule has 0 atom stereocenters. The maximum atomic E-state index is 13.1. The Morgan fingerprint density at radius 3 is 2.93 bits per heavy atom. The van der Waals surface area contributed by atoms with Crippen LogP contribution in [0.4, 0.5) is 4.39 Å². The highest BCUT2D eigenvalue weighted by atomic mass is 35.5. The van der Waals surface area contributed by atoms with Crippen LogP contribution in [0, 0.1) is 12.7 Å². The molecule has 0 unspecified atom stereocenters. The molecule has 0 amide bonds. The van der Waals surface area contributed by atoms with Crippen LogP contribution >= 0.6 is 11.6 Å². The summed E-state index contributed by atoms with van der Waals surface area (Å²) in [5, 5.41) is 4.12. The molecular weight excluding hydrogens is 215 g/mol. The minimum absolute atomic E-state index is 0.272. The van der Waals surface area contributed by atoms with Crippen LogP contribution in [-0.4, -0.2) is 9.78 Å². The number of hydrogen-bond acceptors (Lipinski definition) is 1. The highest BCUT2D eigenvalue weighted by molar-refractivity contribution is 6.16. The highest BCUT2D eigenvalue weighted by Gasteiger charge is 2.07. The molecule has 0 spiro atoms. The molecule has 0 bridgehead atoms. The van der Waals surface area contributed by atoms with E-state index in [4.69, 9.17) is 11.6 Å². The third-order valence-electron chi connectivity index (χ3n) is 2.26. The van der Waals surface area contributed by atoms with Crippen LogP contribution < -0.4 is 0 Å². The smallest absolute Gasteiger partial charge is 0.125 e. The van der Waals surface area contributed by atoms with Crippen LogP contribution in [0.2, 0.25) is 0 Å². The molecule has 0 N–H and O–H groups in total. The quantitative estimate of drug-likeness (QED) is 0.717. The lowest BCUT2D eigenvalue weighted by Gasteiger charge is -2.08. The fraction of sp³-hybridized carbons (Fsp3) is 0.182. The number of nitrogens with zero attached hydrogens (tertiary/aromatic N) is 2. The molecule has 1 aromatic heterocycles. The summed E-state index contributed by atoms with van der Waals surface area (Å²) in [7, 11) is 0. The average Bonchev–Trinajstić information content (AvgIpc) is 2.69. The lowest BCUT2D eigenvalue weighted by atomic mass is 10.2. The molecule has 0 fully saturated rings. The number of alkyl halides is 1. The Kier molecular flexibility index (Phi) is 2.73. The molecule has 78 valence electrons. The Hall–Kier alpha value is -1.35. The third-order valence-corrected chi connectivity index (χ3v) is 2.53. The summed E-state index contributed by atoms with van der Waals surface area (Å²) in [4.78, 5) is 0. The van der Waals surface area contributed by atoms with Gasteiger partial charge in [0.05, 0.1) is 17.3 Å². The molecule has 0 saturated carbocycles. The molecule has 1 heterocycles. The second-order valence-corrected chi connectivity index (χ2v) is 3.57. The highest BCUT2D eigenvalue weighted by Crippen LogP contribution is 2.17. The Morgan fingerprint density at radius 2 is 2.20 bits per heavy atom. The zero-order chi connectivity index (χ0) is 10.8. The number of rotatable bonds is 2. The van der Waals surface area contributed by atoms with Crippen molar-refractivity contribution < 1.29 is 4.39 Å². The van der Waals surface area contributed by atoms with Gasteiger partial charge in [0.15, 0.2) is 0 Å². The van der Waals surface area contributed by atoms with Crippen molar-refractivity contribution in [1.29, 1.82) is 0 Å². The van der Waals surface area contributed by atoms with E-state index in [1.165, 1.54) is 12.1 Å². The Morgan fingerprint density at radius 1 is 1.40 bits per heavy atom. The van der Waals surface area contributed by atoms with Gasteiger partial charge in [0.1, 0.15) is 5.82 Å². The molecular formula is C11H10ClFN2. The van der Waals surface area contributed by atoms with Crippen LogP contribution in [0.15, 0.2) is 30.5 Å². The number of benzene rings is 1. The average molecular weight is 225 g/mol. The predicted octanol–water partition coefficient (Wildman–Crippen LogP) is 3.06. The zero-order valence-electron chi connectivity index (χ0n) is 8.24. The molecule has 2 nitrogen and oxygen atoms in total. The summed E-state index contributed by atoms with van der Waals surface area (Å²) in [6.07, 6.45) is 1.65. The van der Waals surface area contributed by atoms with Crippen LogP contribution in [0.5, 0.6) is 0 Å². The Labute approximate surface area is 92.3 Å². The molecule has 0 aliphatic rings. The zero-order valence-corrected chi connectivity index (χ0v) is 9.00. The molecule has 0 saturated heterocycles. The third kappa shape index (κ3) is 1.88. The summed E-state index contributed by atoms with van der Waals surface area (Å²) >= 11 is 5.76. The Bertz CT molecular complexity index is 479. The SMILES string of the molecule is Cc1ccc(F)cc1-n1nccc1CCl. The van der Waals surface area contributed by atoms with Crippen molar-refractivity contribution in [3.63, 3.8) is 0 Å². The number of halogens is 2. The van der Waals surface area contributed by atoms with E-state index in [-0.39, 0.29) is 5.82 Å². The largest absolute Gasteiger partial charge is 0.236 e. The van der Waals surface area contributed by atoms with Crippen molar-refractivity contribution in [2.45, 2.75) is 12.8 Å². The van der Waals surface area contributed by atoms with Crippen LogP contribution in [0.1, 0.15) is 11.3 Å². The van der Waals surface area contributed by atoms with E-state index in [2.05, 4.69) is 5.10 Å². The monoisotopic (exact) mass is 224 g/mol. The first kappa shape index (κ1) is 10.2. The van der Waals surface area contributed by atoms with E-state index in [0.29, 0.717) is 5.88 Å². The number of aryl methyl sites for hydroxylation is 1. The standard InChI is InChI=1S/C11H10ClFN2/c1-8-2-3-9(13)6-11(8)15-10(7-12)4-5-14-15/h2-6H,7H2,1H3. The molecule has 2 rings (SSSR count). The first-order chi connectivity index (χ1) is 7.22. The van der Waals surface area contributed by atoms with Gasteiger partial charge in [0.25, 0.3) is 0 Å². The van der Waals surface area contributed by atoms with Crippen LogP contribution in [0.25, 0.3) is 5.69 Å². The van der Waals surface area contributed by atoms with Gasteiger partial charge in [0.2, 0.25) is 0 Å². The summed E-state index contributed by atoms with van der Waals surface area (Å²) in [5.74, 6) is 0.0855. The summed E-state index contributed by atoms with van der Waals surface area (Å²) in [6, 6.07) is 6.43. The Balaban J connectivity index is 2.58. The normalized spacial score (nSPS) is 10.6. The van der Waals surface area contributed by atoms with Gasteiger partial charge in [-0.1, -0.05) is 6.07 Å². The van der Waals surface area contributed by atoms with Crippen molar-refractivity contribution in [3.05, 3.63) is 47.5 Å². The fourth-order valence-electron chi connectivity index (χ4n) is 1.46. The van der Waals surface area contributed by atoms with Gasteiger partial charge in [-0.2, -0.15) is 5.10 Å². The van der Waals surface area contributed by atoms with E-state index in [1.54, 1.807) is 16.9 Å². The summed E-state index contributed by atoms with van der Waals surface area (Å²) in [5.41, 5.74) is 2.55. The fourth-order valence-corrected chi connectivity index (χ4v) is 1.66. The lowest BCUT2D eigenvalue weighted by Crippen LogP contribution is -2.03. The molecule has 15 heavy (non-hydrogen) atoms. The topological polar surface area (TPSA) is 17.8 Å². The van der Waals surface area contributed by atoms with Gasteiger partial charge < -0.3 is 0 Å². The van der Waals surface area contributed by atoms with Gasteiger partial charge in [0, 0.05) is 6.20 Å². The second kappa shape index (κ2) is 4.03. The van der Waals surface area contributed by atoms with Crippen molar-refractivity contribution in [2.75, 3.05) is 0 Å². The van der Waals surface area contributed by atoms with E-state index >= 15 is 0 Å². The van der Waals surface area contributed by atoms with E-state index < -0.39 is 0 Å². The minimum atomic E-state index is -0.272. The van der Waals surface area contributed by atoms with Crippen molar-refractivity contribution in [2.24, 2.45) is 0 Å².